The highest BCUT2D eigenvalue weighted by Gasteiger charge is 2.26. The van der Waals surface area contributed by atoms with Crippen LogP contribution in [0.3, 0.4) is 0 Å². The minimum atomic E-state index is -0.117. The molecular weight excluding hydrogens is 234 g/mol. The van der Waals surface area contributed by atoms with E-state index in [0.29, 0.717) is 18.7 Å². The standard InChI is InChI=1S/C12H13N3O3/c13-4-9-5-15(12(16)6-17-9)8-1-2-10-11(3-8)18-7-14-10/h1-3,7,9H,4-6,13H2. The molecule has 2 aromatic rings. The van der Waals surface area contributed by atoms with Gasteiger partial charge >= 0.3 is 0 Å². The van der Waals surface area contributed by atoms with E-state index in [1.165, 1.54) is 6.39 Å². The molecule has 2 heterocycles. The lowest BCUT2D eigenvalue weighted by atomic mass is 10.2. The molecule has 6 nitrogen and oxygen atoms in total. The monoisotopic (exact) mass is 247 g/mol. The minimum Gasteiger partial charge on any atom is -0.443 e. The number of aromatic nitrogens is 1. The number of anilines is 1. The Labute approximate surface area is 103 Å². The molecule has 1 fully saturated rings. The van der Waals surface area contributed by atoms with E-state index in [1.54, 1.807) is 11.0 Å². The molecule has 94 valence electrons. The summed E-state index contributed by atoms with van der Waals surface area (Å²) >= 11 is 0. The number of morpholine rings is 1. The molecule has 1 unspecified atom stereocenters. The first-order valence-corrected chi connectivity index (χ1v) is 5.73. The number of benzene rings is 1. The summed E-state index contributed by atoms with van der Waals surface area (Å²) in [6.45, 7) is 0.930. The van der Waals surface area contributed by atoms with Crippen molar-refractivity contribution in [1.82, 2.24) is 4.98 Å². The van der Waals surface area contributed by atoms with E-state index in [1.807, 2.05) is 12.1 Å². The first-order valence-electron chi connectivity index (χ1n) is 5.73. The maximum atomic E-state index is 11.8. The molecule has 3 rings (SSSR count). The summed E-state index contributed by atoms with van der Waals surface area (Å²) in [5, 5.41) is 0. The van der Waals surface area contributed by atoms with Crippen LogP contribution in [0.15, 0.2) is 29.0 Å². The number of fused-ring (bicyclic) bond motifs is 1. The predicted octanol–water partition coefficient (Wildman–Crippen LogP) is 0.518. The number of hydrogen-bond donors (Lipinski definition) is 1. The fourth-order valence-corrected chi connectivity index (χ4v) is 2.03. The number of nitrogens with zero attached hydrogens (tertiary/aromatic N) is 2. The molecule has 1 aliphatic heterocycles. The van der Waals surface area contributed by atoms with E-state index >= 15 is 0 Å². The van der Waals surface area contributed by atoms with Crippen LogP contribution >= 0.6 is 0 Å². The summed E-state index contributed by atoms with van der Waals surface area (Å²) < 4.78 is 10.5. The van der Waals surface area contributed by atoms with Gasteiger partial charge in [0.25, 0.3) is 5.91 Å². The van der Waals surface area contributed by atoms with Crippen molar-refractivity contribution in [3.63, 3.8) is 0 Å². The van der Waals surface area contributed by atoms with E-state index in [9.17, 15) is 4.79 Å². The molecule has 0 bridgehead atoms. The summed E-state index contributed by atoms with van der Waals surface area (Å²) in [4.78, 5) is 17.6. The lowest BCUT2D eigenvalue weighted by Gasteiger charge is -2.32. The van der Waals surface area contributed by atoms with Gasteiger partial charge in [0.2, 0.25) is 0 Å². The van der Waals surface area contributed by atoms with Gasteiger partial charge in [-0.25, -0.2) is 4.98 Å². The molecule has 0 spiro atoms. The summed E-state index contributed by atoms with van der Waals surface area (Å²) in [6, 6.07) is 5.48. The Morgan fingerprint density at radius 3 is 3.22 bits per heavy atom. The first kappa shape index (κ1) is 11.2. The summed E-state index contributed by atoms with van der Waals surface area (Å²) in [7, 11) is 0. The quantitative estimate of drug-likeness (QED) is 0.836. The molecule has 1 saturated heterocycles. The van der Waals surface area contributed by atoms with E-state index in [2.05, 4.69) is 4.98 Å². The number of amides is 1. The molecule has 1 aliphatic rings. The van der Waals surface area contributed by atoms with Crippen molar-refractivity contribution in [2.24, 2.45) is 5.73 Å². The van der Waals surface area contributed by atoms with Crippen LogP contribution in [-0.2, 0) is 9.53 Å². The molecule has 0 saturated carbocycles. The molecule has 0 radical (unpaired) electrons. The Hall–Kier alpha value is -1.92. The van der Waals surface area contributed by atoms with Crippen LogP contribution in [-0.4, -0.2) is 36.7 Å². The molecule has 18 heavy (non-hydrogen) atoms. The maximum absolute atomic E-state index is 11.8. The summed E-state index contributed by atoms with van der Waals surface area (Å²) in [6.07, 6.45) is 1.27. The van der Waals surface area contributed by atoms with Crippen LogP contribution in [0.1, 0.15) is 0 Å². The molecule has 2 N–H and O–H groups in total. The Morgan fingerprint density at radius 2 is 2.39 bits per heavy atom. The normalized spacial score (nSPS) is 20.6. The number of rotatable bonds is 2. The zero-order valence-electron chi connectivity index (χ0n) is 9.70. The van der Waals surface area contributed by atoms with Gasteiger partial charge in [0.05, 0.1) is 12.6 Å². The molecule has 6 heteroatoms. The molecule has 0 aliphatic carbocycles. The topological polar surface area (TPSA) is 81.6 Å². The number of oxazole rings is 1. The van der Waals surface area contributed by atoms with Gasteiger partial charge in [0, 0.05) is 18.3 Å². The minimum absolute atomic E-state index is 0.0658. The zero-order valence-corrected chi connectivity index (χ0v) is 9.70. The molecule has 1 amide bonds. The van der Waals surface area contributed by atoms with Crippen molar-refractivity contribution in [3.05, 3.63) is 24.6 Å². The SMILES string of the molecule is NCC1CN(c2ccc3ncoc3c2)C(=O)CO1. The van der Waals surface area contributed by atoms with Crippen LogP contribution in [0.4, 0.5) is 5.69 Å². The Balaban J connectivity index is 1.93. The van der Waals surface area contributed by atoms with Crippen molar-refractivity contribution in [3.8, 4) is 0 Å². The highest BCUT2D eigenvalue weighted by molar-refractivity contribution is 5.96. The number of hydrogen-bond acceptors (Lipinski definition) is 5. The average Bonchev–Trinajstić information content (AvgIpc) is 2.86. The van der Waals surface area contributed by atoms with Gasteiger partial charge in [-0.2, -0.15) is 0 Å². The van der Waals surface area contributed by atoms with Gasteiger partial charge in [-0.15, -0.1) is 0 Å². The second-order valence-corrected chi connectivity index (χ2v) is 4.18. The number of carbonyl (C=O) groups excluding carboxylic acids is 1. The fourth-order valence-electron chi connectivity index (χ4n) is 2.03. The summed E-state index contributed by atoms with van der Waals surface area (Å²) in [5.74, 6) is -0.0708. The van der Waals surface area contributed by atoms with Crippen molar-refractivity contribution < 1.29 is 13.9 Å². The van der Waals surface area contributed by atoms with Crippen LogP contribution in [0.5, 0.6) is 0 Å². The van der Waals surface area contributed by atoms with Gasteiger partial charge in [-0.1, -0.05) is 0 Å². The van der Waals surface area contributed by atoms with Gasteiger partial charge in [0.15, 0.2) is 12.0 Å². The lowest BCUT2D eigenvalue weighted by molar-refractivity contribution is -0.128. The van der Waals surface area contributed by atoms with E-state index in [0.717, 1.165) is 11.2 Å². The highest BCUT2D eigenvalue weighted by atomic mass is 16.5. The second-order valence-electron chi connectivity index (χ2n) is 4.18. The molecule has 1 aromatic carbocycles. The number of nitrogens with two attached hydrogens (primary N) is 1. The van der Waals surface area contributed by atoms with Crippen LogP contribution in [0, 0.1) is 0 Å². The molecule has 1 atom stereocenters. The first-order chi connectivity index (χ1) is 8.78. The van der Waals surface area contributed by atoms with Gasteiger partial charge in [-0.05, 0) is 12.1 Å². The maximum Gasteiger partial charge on any atom is 0.253 e. The van der Waals surface area contributed by atoms with Crippen molar-refractivity contribution in [1.29, 1.82) is 0 Å². The summed E-state index contributed by atoms with van der Waals surface area (Å²) in [5.41, 5.74) is 7.79. The van der Waals surface area contributed by atoms with E-state index in [4.69, 9.17) is 14.9 Å². The number of ether oxygens (including phenoxy) is 1. The van der Waals surface area contributed by atoms with Crippen LogP contribution in [0.2, 0.25) is 0 Å². The zero-order chi connectivity index (χ0) is 12.5. The third-order valence-electron chi connectivity index (χ3n) is 3.02. The van der Waals surface area contributed by atoms with Crippen molar-refractivity contribution in [2.75, 3.05) is 24.6 Å². The number of carbonyl (C=O) groups is 1. The van der Waals surface area contributed by atoms with Crippen molar-refractivity contribution >= 4 is 22.7 Å². The third kappa shape index (κ3) is 1.85. The molecule has 1 aromatic heterocycles. The van der Waals surface area contributed by atoms with Gasteiger partial charge in [-0.3, -0.25) is 4.79 Å². The third-order valence-corrected chi connectivity index (χ3v) is 3.02. The molecular formula is C12H13N3O3. The Kier molecular flexibility index (Phi) is 2.73. The smallest absolute Gasteiger partial charge is 0.253 e. The second kappa shape index (κ2) is 4.40. The Morgan fingerprint density at radius 1 is 1.50 bits per heavy atom. The Bertz CT molecular complexity index is 581. The largest absolute Gasteiger partial charge is 0.443 e. The van der Waals surface area contributed by atoms with Gasteiger partial charge in [0.1, 0.15) is 12.1 Å². The predicted molar refractivity (Wildman–Crippen MR) is 65.2 cm³/mol. The highest BCUT2D eigenvalue weighted by Crippen LogP contribution is 2.23. The van der Waals surface area contributed by atoms with E-state index < -0.39 is 0 Å². The van der Waals surface area contributed by atoms with Crippen LogP contribution < -0.4 is 10.6 Å². The fraction of sp³-hybridized carbons (Fsp3) is 0.333. The average molecular weight is 247 g/mol. The van der Waals surface area contributed by atoms with E-state index in [-0.39, 0.29) is 18.6 Å². The van der Waals surface area contributed by atoms with Crippen LogP contribution in [0.25, 0.3) is 11.1 Å². The lowest BCUT2D eigenvalue weighted by Crippen LogP contribution is -2.49. The van der Waals surface area contributed by atoms with Gasteiger partial charge < -0.3 is 19.8 Å². The van der Waals surface area contributed by atoms with Crippen molar-refractivity contribution in [2.45, 2.75) is 6.10 Å².